The molecule has 2 atom stereocenters. The first kappa shape index (κ1) is 11.9. The Morgan fingerprint density at radius 2 is 2.19 bits per heavy atom. The van der Waals surface area contributed by atoms with Crippen LogP contribution in [0.3, 0.4) is 0 Å². The summed E-state index contributed by atoms with van der Waals surface area (Å²) in [6, 6.07) is 10.1. The van der Waals surface area contributed by atoms with Crippen molar-refractivity contribution in [1.29, 1.82) is 0 Å². The van der Waals surface area contributed by atoms with Crippen molar-refractivity contribution in [2.45, 2.75) is 30.8 Å². The number of alkyl halides is 1. The van der Waals surface area contributed by atoms with Crippen LogP contribution in [0.25, 0.3) is 0 Å². The molecule has 1 aliphatic heterocycles. The van der Waals surface area contributed by atoms with Crippen LogP contribution in [0.1, 0.15) is 25.3 Å². The summed E-state index contributed by atoms with van der Waals surface area (Å²) in [7, 11) is 0. The highest BCUT2D eigenvalue weighted by Crippen LogP contribution is 2.45. The van der Waals surface area contributed by atoms with Crippen LogP contribution in [0, 0.1) is 0 Å². The first-order chi connectivity index (χ1) is 7.79. The summed E-state index contributed by atoms with van der Waals surface area (Å²) in [6.45, 7) is 2.89. The Bertz CT molecular complexity index is 326. The number of rotatable bonds is 3. The summed E-state index contributed by atoms with van der Waals surface area (Å²) in [5.41, 5.74) is 1.11. The Kier molecular flexibility index (Phi) is 3.87. The van der Waals surface area contributed by atoms with E-state index in [1.807, 2.05) is 30.3 Å². The van der Waals surface area contributed by atoms with E-state index >= 15 is 0 Å². The fourth-order valence-corrected chi connectivity index (χ4v) is 3.79. The number of hydrogen-bond donors (Lipinski definition) is 1. The Morgan fingerprint density at radius 3 is 2.81 bits per heavy atom. The minimum Gasteiger partial charge on any atom is -0.285 e. The minimum absolute atomic E-state index is 0.381. The second-order valence-corrected chi connectivity index (χ2v) is 5.60. The normalized spacial score (nSPS) is 30.2. The molecule has 2 rings (SSSR count). The van der Waals surface area contributed by atoms with E-state index in [0.717, 1.165) is 30.7 Å². The monoisotopic (exact) mass is 239 g/mol. The highest BCUT2D eigenvalue weighted by molar-refractivity contribution is 8.00. The summed E-state index contributed by atoms with van der Waals surface area (Å²) in [5.74, 6) is 0.981. The van der Waals surface area contributed by atoms with E-state index < -0.39 is 6.30 Å². The summed E-state index contributed by atoms with van der Waals surface area (Å²) < 4.78 is 13.9. The third-order valence-electron chi connectivity index (χ3n) is 3.08. The third kappa shape index (κ3) is 2.11. The second kappa shape index (κ2) is 5.19. The predicted octanol–water partition coefficient (Wildman–Crippen LogP) is 3.31. The largest absolute Gasteiger partial charge is 0.285 e. The lowest BCUT2D eigenvalue weighted by Gasteiger charge is -2.40. The maximum Gasteiger partial charge on any atom is 0.170 e. The summed E-state index contributed by atoms with van der Waals surface area (Å²) >= 11 is 1.76. The fourth-order valence-electron chi connectivity index (χ4n) is 2.32. The number of thioether (sulfide) groups is 1. The lowest BCUT2D eigenvalue weighted by Crippen LogP contribution is -2.48. The van der Waals surface area contributed by atoms with Gasteiger partial charge in [0.25, 0.3) is 0 Å². The van der Waals surface area contributed by atoms with Crippen LogP contribution >= 0.6 is 11.8 Å². The third-order valence-corrected chi connectivity index (χ3v) is 4.65. The van der Waals surface area contributed by atoms with Gasteiger partial charge in [-0.2, -0.15) is 0 Å². The van der Waals surface area contributed by atoms with Crippen molar-refractivity contribution in [3.8, 4) is 0 Å². The molecule has 2 unspecified atom stereocenters. The molecule has 1 fully saturated rings. The SMILES string of the molecule is CCCC1(c2ccccc2)SCCNC1F. The number of halogens is 1. The van der Waals surface area contributed by atoms with Crippen molar-refractivity contribution in [3.63, 3.8) is 0 Å². The van der Waals surface area contributed by atoms with Gasteiger partial charge >= 0.3 is 0 Å². The molecular weight excluding hydrogens is 221 g/mol. The van der Waals surface area contributed by atoms with Gasteiger partial charge in [0.2, 0.25) is 0 Å². The Balaban J connectivity index is 2.34. The molecule has 0 saturated carbocycles. The lowest BCUT2D eigenvalue weighted by molar-refractivity contribution is 0.195. The molecule has 1 saturated heterocycles. The van der Waals surface area contributed by atoms with Crippen molar-refractivity contribution >= 4 is 11.8 Å². The van der Waals surface area contributed by atoms with Crippen molar-refractivity contribution < 1.29 is 4.39 Å². The van der Waals surface area contributed by atoms with Crippen LogP contribution in [0.15, 0.2) is 30.3 Å². The molecule has 1 aliphatic rings. The van der Waals surface area contributed by atoms with E-state index in [-0.39, 0.29) is 4.75 Å². The van der Waals surface area contributed by atoms with Gasteiger partial charge in [-0.1, -0.05) is 43.7 Å². The fraction of sp³-hybridized carbons (Fsp3) is 0.538. The molecule has 1 aromatic carbocycles. The summed E-state index contributed by atoms with van der Waals surface area (Å²) in [6.07, 6.45) is 0.952. The topological polar surface area (TPSA) is 12.0 Å². The van der Waals surface area contributed by atoms with Gasteiger partial charge in [0.1, 0.15) is 0 Å². The predicted molar refractivity (Wildman–Crippen MR) is 68.4 cm³/mol. The first-order valence-corrected chi connectivity index (χ1v) is 6.85. The summed E-state index contributed by atoms with van der Waals surface area (Å²) in [5, 5.41) is 2.97. The maximum atomic E-state index is 14.2. The molecule has 0 radical (unpaired) electrons. The van der Waals surface area contributed by atoms with E-state index in [4.69, 9.17) is 0 Å². The van der Waals surface area contributed by atoms with E-state index in [1.54, 1.807) is 11.8 Å². The molecule has 16 heavy (non-hydrogen) atoms. The maximum absolute atomic E-state index is 14.2. The van der Waals surface area contributed by atoms with Crippen LogP contribution < -0.4 is 5.32 Å². The van der Waals surface area contributed by atoms with Crippen LogP contribution in [0.4, 0.5) is 4.39 Å². The Morgan fingerprint density at radius 1 is 1.44 bits per heavy atom. The van der Waals surface area contributed by atoms with Crippen LogP contribution in [-0.4, -0.2) is 18.6 Å². The molecule has 0 bridgehead atoms. The van der Waals surface area contributed by atoms with Gasteiger partial charge < -0.3 is 0 Å². The standard InChI is InChI=1S/C13H18FNS/c1-2-8-13(11-6-4-3-5-7-11)12(14)15-9-10-16-13/h3-7,12,15H,2,8-10H2,1H3. The molecule has 0 aromatic heterocycles. The number of benzene rings is 1. The molecule has 0 amide bonds. The van der Waals surface area contributed by atoms with Crippen molar-refractivity contribution in [1.82, 2.24) is 5.32 Å². The van der Waals surface area contributed by atoms with Crippen LogP contribution in [-0.2, 0) is 4.75 Å². The highest BCUT2D eigenvalue weighted by Gasteiger charge is 2.42. The highest BCUT2D eigenvalue weighted by atomic mass is 32.2. The van der Waals surface area contributed by atoms with E-state index in [2.05, 4.69) is 12.2 Å². The van der Waals surface area contributed by atoms with Gasteiger partial charge in [-0.25, -0.2) is 4.39 Å². The molecule has 0 aliphatic carbocycles. The van der Waals surface area contributed by atoms with Gasteiger partial charge in [-0.05, 0) is 12.0 Å². The zero-order chi connectivity index (χ0) is 11.4. The quantitative estimate of drug-likeness (QED) is 0.812. The van der Waals surface area contributed by atoms with Crippen molar-refractivity contribution in [2.75, 3.05) is 12.3 Å². The Labute approximate surface area is 101 Å². The second-order valence-electron chi connectivity index (χ2n) is 4.17. The van der Waals surface area contributed by atoms with E-state index in [9.17, 15) is 4.39 Å². The zero-order valence-electron chi connectivity index (χ0n) is 9.58. The van der Waals surface area contributed by atoms with Gasteiger partial charge in [0, 0.05) is 12.3 Å². The summed E-state index contributed by atoms with van der Waals surface area (Å²) in [4.78, 5) is 0. The zero-order valence-corrected chi connectivity index (χ0v) is 10.4. The molecular formula is C13H18FNS. The molecule has 1 aromatic rings. The Hall–Kier alpha value is -0.540. The molecule has 1 nitrogen and oxygen atoms in total. The molecule has 0 spiro atoms. The first-order valence-electron chi connectivity index (χ1n) is 5.86. The van der Waals surface area contributed by atoms with Crippen molar-refractivity contribution in [3.05, 3.63) is 35.9 Å². The molecule has 1 N–H and O–H groups in total. The minimum atomic E-state index is -0.936. The van der Waals surface area contributed by atoms with Gasteiger partial charge in [-0.15, -0.1) is 11.8 Å². The molecule has 88 valence electrons. The molecule has 1 heterocycles. The van der Waals surface area contributed by atoms with Gasteiger partial charge in [-0.3, -0.25) is 5.32 Å². The number of nitrogens with one attached hydrogen (secondary N) is 1. The van der Waals surface area contributed by atoms with Gasteiger partial charge in [0.05, 0.1) is 4.75 Å². The van der Waals surface area contributed by atoms with Crippen molar-refractivity contribution in [2.24, 2.45) is 0 Å². The van der Waals surface area contributed by atoms with E-state index in [0.29, 0.717) is 0 Å². The smallest absolute Gasteiger partial charge is 0.170 e. The lowest BCUT2D eigenvalue weighted by atomic mass is 9.92. The van der Waals surface area contributed by atoms with Crippen LogP contribution in [0.5, 0.6) is 0 Å². The number of hydrogen-bond acceptors (Lipinski definition) is 2. The average molecular weight is 239 g/mol. The van der Waals surface area contributed by atoms with E-state index in [1.165, 1.54) is 0 Å². The average Bonchev–Trinajstić information content (AvgIpc) is 2.34. The molecule has 3 heteroatoms. The van der Waals surface area contributed by atoms with Crippen LogP contribution in [0.2, 0.25) is 0 Å². The van der Waals surface area contributed by atoms with Gasteiger partial charge in [0.15, 0.2) is 6.30 Å².